The average Bonchev–Trinajstić information content (AvgIpc) is 2.47. The number of nitrogens with one attached hydrogen (secondary N) is 2. The normalized spacial score (nSPS) is 24.5. The summed E-state index contributed by atoms with van der Waals surface area (Å²) in [7, 11) is 0. The third-order valence-corrected chi connectivity index (χ3v) is 4.50. The van der Waals surface area contributed by atoms with Crippen LogP contribution in [0.2, 0.25) is 0 Å². The fourth-order valence-corrected chi connectivity index (χ4v) is 3.34. The van der Waals surface area contributed by atoms with E-state index >= 15 is 0 Å². The largest absolute Gasteiger partial charge is 0.383 e. The molecular weight excluding hydrogens is 284 g/mol. The van der Waals surface area contributed by atoms with Crippen molar-refractivity contribution in [3.8, 4) is 0 Å². The van der Waals surface area contributed by atoms with Crippen LogP contribution in [0.25, 0.3) is 0 Å². The summed E-state index contributed by atoms with van der Waals surface area (Å²) < 4.78 is 11.5. The van der Waals surface area contributed by atoms with Crippen molar-refractivity contribution in [1.82, 2.24) is 15.3 Å². The van der Waals surface area contributed by atoms with Crippen LogP contribution in [-0.2, 0) is 15.9 Å². The van der Waals surface area contributed by atoms with Crippen molar-refractivity contribution in [2.24, 2.45) is 0 Å². The van der Waals surface area contributed by atoms with Crippen molar-refractivity contribution in [3.05, 3.63) is 22.2 Å². The van der Waals surface area contributed by atoms with E-state index in [1.165, 1.54) is 6.07 Å². The number of hydrogen-bond donors (Lipinski definition) is 3. The van der Waals surface area contributed by atoms with Gasteiger partial charge >= 0.3 is 0 Å². The van der Waals surface area contributed by atoms with Crippen LogP contribution in [0.3, 0.4) is 0 Å². The van der Waals surface area contributed by atoms with Gasteiger partial charge in [-0.25, -0.2) is 4.98 Å². The standard InChI is InChI=1S/C15H24N4O3/c16-12-9-14(20)19-13(18-12)1-5-17-11-2-6-22-15(10-11)3-7-21-8-4-15/h9,11,17H,1-8,10H2,(H3,16,18,19,20). The predicted octanol–water partition coefficient (Wildman–Crippen LogP) is 0.212. The molecule has 7 nitrogen and oxygen atoms in total. The molecule has 0 aliphatic carbocycles. The molecule has 3 rings (SSSR count). The Hall–Kier alpha value is -1.44. The number of rotatable bonds is 4. The molecule has 1 aromatic heterocycles. The summed E-state index contributed by atoms with van der Waals surface area (Å²) in [5, 5.41) is 3.56. The molecule has 2 fully saturated rings. The number of ether oxygens (including phenoxy) is 2. The number of aromatic nitrogens is 2. The van der Waals surface area contributed by atoms with Crippen molar-refractivity contribution in [2.45, 2.75) is 43.7 Å². The van der Waals surface area contributed by atoms with E-state index in [4.69, 9.17) is 15.2 Å². The highest BCUT2D eigenvalue weighted by atomic mass is 16.5. The lowest BCUT2D eigenvalue weighted by atomic mass is 9.84. The third kappa shape index (κ3) is 3.85. The van der Waals surface area contributed by atoms with E-state index in [0.717, 1.165) is 52.0 Å². The van der Waals surface area contributed by atoms with Crippen LogP contribution in [-0.4, -0.2) is 48.0 Å². The lowest BCUT2D eigenvalue weighted by Crippen LogP contribution is -2.50. The number of nitrogens with zero attached hydrogens (tertiary/aromatic N) is 1. The first-order valence-corrected chi connectivity index (χ1v) is 7.96. The molecular formula is C15H24N4O3. The van der Waals surface area contributed by atoms with Gasteiger partial charge in [-0.1, -0.05) is 0 Å². The molecule has 0 radical (unpaired) electrons. The van der Waals surface area contributed by atoms with E-state index in [9.17, 15) is 4.79 Å². The Morgan fingerprint density at radius 1 is 1.41 bits per heavy atom. The summed E-state index contributed by atoms with van der Waals surface area (Å²) in [6.45, 7) is 3.15. The number of aromatic amines is 1. The topological polar surface area (TPSA) is 102 Å². The fourth-order valence-electron chi connectivity index (χ4n) is 3.34. The number of hydrogen-bond acceptors (Lipinski definition) is 6. The Kier molecular flexibility index (Phi) is 4.75. The Labute approximate surface area is 129 Å². The summed E-state index contributed by atoms with van der Waals surface area (Å²) in [6, 6.07) is 1.74. The number of nitrogens with two attached hydrogens (primary N) is 1. The maximum absolute atomic E-state index is 11.4. The molecule has 0 bridgehead atoms. The predicted molar refractivity (Wildman–Crippen MR) is 82.7 cm³/mol. The van der Waals surface area contributed by atoms with Crippen LogP contribution < -0.4 is 16.6 Å². The van der Waals surface area contributed by atoms with Crippen molar-refractivity contribution >= 4 is 5.82 Å². The molecule has 2 aliphatic heterocycles. The molecule has 2 aliphatic rings. The third-order valence-electron chi connectivity index (χ3n) is 4.50. The Morgan fingerprint density at radius 3 is 3.00 bits per heavy atom. The van der Waals surface area contributed by atoms with Gasteiger partial charge in [0.05, 0.1) is 5.60 Å². The molecule has 0 amide bonds. The second-order valence-electron chi connectivity index (χ2n) is 6.15. The fraction of sp³-hybridized carbons (Fsp3) is 0.733. The lowest BCUT2D eigenvalue weighted by molar-refractivity contribution is -0.140. The Bertz CT molecular complexity index is 548. The highest BCUT2D eigenvalue weighted by Crippen LogP contribution is 2.34. The molecule has 1 atom stereocenters. The number of nitrogen functional groups attached to an aromatic ring is 1. The minimum absolute atomic E-state index is 0.00208. The zero-order chi connectivity index (χ0) is 15.4. The molecule has 22 heavy (non-hydrogen) atoms. The van der Waals surface area contributed by atoms with Crippen LogP contribution in [0.5, 0.6) is 0 Å². The Morgan fingerprint density at radius 2 is 2.23 bits per heavy atom. The maximum atomic E-state index is 11.4. The van der Waals surface area contributed by atoms with Gasteiger partial charge in [-0.2, -0.15) is 0 Å². The van der Waals surface area contributed by atoms with Crippen LogP contribution in [0.1, 0.15) is 31.5 Å². The van der Waals surface area contributed by atoms with Gasteiger partial charge < -0.3 is 25.5 Å². The first-order valence-electron chi connectivity index (χ1n) is 7.96. The first kappa shape index (κ1) is 15.5. The van der Waals surface area contributed by atoms with Gasteiger partial charge in [-0.15, -0.1) is 0 Å². The van der Waals surface area contributed by atoms with Crippen molar-refractivity contribution in [1.29, 1.82) is 0 Å². The summed E-state index contributed by atoms with van der Waals surface area (Å²) in [6.07, 6.45) is 4.67. The molecule has 122 valence electrons. The summed E-state index contributed by atoms with van der Waals surface area (Å²) in [4.78, 5) is 18.2. The second kappa shape index (κ2) is 6.76. The van der Waals surface area contributed by atoms with Crippen LogP contribution in [0, 0.1) is 0 Å². The van der Waals surface area contributed by atoms with Gasteiger partial charge in [0.1, 0.15) is 11.6 Å². The molecule has 2 saturated heterocycles. The maximum Gasteiger partial charge on any atom is 0.252 e. The van der Waals surface area contributed by atoms with E-state index in [1.807, 2.05) is 0 Å². The molecule has 1 unspecified atom stereocenters. The monoisotopic (exact) mass is 308 g/mol. The molecule has 0 aromatic carbocycles. The van der Waals surface area contributed by atoms with E-state index in [2.05, 4.69) is 15.3 Å². The number of H-pyrrole nitrogens is 1. The van der Waals surface area contributed by atoms with Crippen LogP contribution in [0.15, 0.2) is 10.9 Å². The minimum atomic E-state index is -0.199. The second-order valence-corrected chi connectivity index (χ2v) is 6.15. The van der Waals surface area contributed by atoms with Crippen molar-refractivity contribution in [3.63, 3.8) is 0 Å². The average molecular weight is 308 g/mol. The van der Waals surface area contributed by atoms with E-state index in [-0.39, 0.29) is 17.0 Å². The lowest BCUT2D eigenvalue weighted by Gasteiger charge is -2.43. The highest BCUT2D eigenvalue weighted by Gasteiger charge is 2.38. The molecule has 0 saturated carbocycles. The van der Waals surface area contributed by atoms with E-state index < -0.39 is 0 Å². The van der Waals surface area contributed by atoms with Gasteiger partial charge in [-0.05, 0) is 25.7 Å². The summed E-state index contributed by atoms with van der Waals surface area (Å²) in [5.41, 5.74) is 5.39. The van der Waals surface area contributed by atoms with E-state index in [0.29, 0.717) is 18.3 Å². The zero-order valence-electron chi connectivity index (χ0n) is 12.8. The Balaban J connectivity index is 1.49. The molecule has 1 spiro atoms. The van der Waals surface area contributed by atoms with Gasteiger partial charge in [0.15, 0.2) is 0 Å². The molecule has 1 aromatic rings. The van der Waals surface area contributed by atoms with Gasteiger partial charge in [0.25, 0.3) is 5.56 Å². The molecule has 4 N–H and O–H groups in total. The minimum Gasteiger partial charge on any atom is -0.383 e. The highest BCUT2D eigenvalue weighted by molar-refractivity contribution is 5.25. The van der Waals surface area contributed by atoms with Gasteiger partial charge in [-0.3, -0.25) is 4.79 Å². The number of anilines is 1. The first-order chi connectivity index (χ1) is 10.7. The van der Waals surface area contributed by atoms with Gasteiger partial charge in [0.2, 0.25) is 0 Å². The van der Waals surface area contributed by atoms with Crippen LogP contribution in [0.4, 0.5) is 5.82 Å². The van der Waals surface area contributed by atoms with Crippen molar-refractivity contribution < 1.29 is 9.47 Å². The zero-order valence-corrected chi connectivity index (χ0v) is 12.8. The van der Waals surface area contributed by atoms with Crippen molar-refractivity contribution in [2.75, 3.05) is 32.1 Å². The van der Waals surface area contributed by atoms with Gasteiger partial charge in [0, 0.05) is 44.9 Å². The summed E-state index contributed by atoms with van der Waals surface area (Å²) in [5.74, 6) is 0.899. The van der Waals surface area contributed by atoms with E-state index in [1.54, 1.807) is 0 Å². The smallest absolute Gasteiger partial charge is 0.252 e. The summed E-state index contributed by atoms with van der Waals surface area (Å²) >= 11 is 0. The SMILES string of the molecule is Nc1cc(=O)[nH]c(CCNC2CCOC3(CCOCC3)C2)n1. The molecule has 7 heteroatoms. The quantitative estimate of drug-likeness (QED) is 0.735. The molecule has 3 heterocycles. The van der Waals surface area contributed by atoms with Crippen LogP contribution >= 0.6 is 0 Å².